The van der Waals surface area contributed by atoms with Gasteiger partial charge >= 0.3 is 0 Å². The van der Waals surface area contributed by atoms with Crippen LogP contribution in [-0.4, -0.2) is 63.7 Å². The van der Waals surface area contributed by atoms with Gasteiger partial charge in [0.05, 0.1) is 19.1 Å². The molecule has 2 amide bonds. The number of carbonyl (C=O) groups is 2. The first-order valence-electron chi connectivity index (χ1n) is 11.7. The van der Waals surface area contributed by atoms with Gasteiger partial charge in [-0.25, -0.2) is 8.42 Å². The lowest BCUT2D eigenvalue weighted by Gasteiger charge is -2.33. The normalized spacial score (nSPS) is 12.2. The standard InChI is InChI=1S/C26H37N3O5S/c1-7-22(26(31)27-19(2)3)28(16-15-21-11-9-8-10-12-21)25(30)18-29(35(6,32)33)23-17-20(4)13-14-24(23)34-5/h8-14,17,19,22H,7,15-16,18H2,1-6H3,(H,27,31)/t22-/m1/s1. The summed E-state index contributed by atoms with van der Waals surface area (Å²) in [6, 6.07) is 14.0. The van der Waals surface area contributed by atoms with Crippen LogP contribution < -0.4 is 14.4 Å². The number of benzene rings is 2. The number of amides is 2. The zero-order chi connectivity index (χ0) is 26.2. The van der Waals surface area contributed by atoms with Crippen molar-refractivity contribution in [3.8, 4) is 5.75 Å². The summed E-state index contributed by atoms with van der Waals surface area (Å²) in [5.74, 6) is -0.377. The van der Waals surface area contributed by atoms with Crippen molar-refractivity contribution >= 4 is 27.5 Å². The predicted molar refractivity (Wildman–Crippen MR) is 139 cm³/mol. The number of methoxy groups -OCH3 is 1. The number of aryl methyl sites for hydroxylation is 1. The van der Waals surface area contributed by atoms with Crippen molar-refractivity contribution in [2.45, 2.75) is 52.6 Å². The first-order chi connectivity index (χ1) is 16.5. The number of rotatable bonds is 12. The lowest BCUT2D eigenvalue weighted by molar-refractivity contribution is -0.139. The van der Waals surface area contributed by atoms with Gasteiger partial charge in [0.1, 0.15) is 18.3 Å². The van der Waals surface area contributed by atoms with Crippen LogP contribution in [0.4, 0.5) is 5.69 Å². The van der Waals surface area contributed by atoms with E-state index in [-0.39, 0.29) is 24.2 Å². The Bertz CT molecular complexity index is 1100. The highest BCUT2D eigenvalue weighted by Crippen LogP contribution is 2.31. The average Bonchev–Trinajstić information content (AvgIpc) is 2.79. The number of nitrogens with zero attached hydrogens (tertiary/aromatic N) is 2. The highest BCUT2D eigenvalue weighted by Gasteiger charge is 2.32. The number of nitrogens with one attached hydrogen (secondary N) is 1. The summed E-state index contributed by atoms with van der Waals surface area (Å²) in [5.41, 5.74) is 2.13. The third-order valence-corrected chi connectivity index (χ3v) is 6.71. The van der Waals surface area contributed by atoms with Crippen molar-refractivity contribution < 1.29 is 22.7 Å². The number of ether oxygens (including phenoxy) is 1. The van der Waals surface area contributed by atoms with Gasteiger partial charge in [0.25, 0.3) is 0 Å². The van der Waals surface area contributed by atoms with Gasteiger partial charge in [-0.05, 0) is 56.9 Å². The van der Waals surface area contributed by atoms with Crippen LogP contribution in [0, 0.1) is 6.92 Å². The fraction of sp³-hybridized carbons (Fsp3) is 0.462. The van der Waals surface area contributed by atoms with Gasteiger partial charge in [0.2, 0.25) is 21.8 Å². The molecular weight excluding hydrogens is 466 g/mol. The molecule has 2 aromatic carbocycles. The van der Waals surface area contributed by atoms with Gasteiger partial charge in [-0.1, -0.05) is 43.3 Å². The van der Waals surface area contributed by atoms with Gasteiger partial charge in [-0.15, -0.1) is 0 Å². The Morgan fingerprint density at radius 3 is 2.29 bits per heavy atom. The second-order valence-corrected chi connectivity index (χ2v) is 10.8. The van der Waals surface area contributed by atoms with Crippen molar-refractivity contribution in [3.63, 3.8) is 0 Å². The third kappa shape index (κ3) is 7.99. The van der Waals surface area contributed by atoms with Crippen LogP contribution in [0.3, 0.4) is 0 Å². The van der Waals surface area contributed by atoms with Crippen LogP contribution in [-0.2, 0) is 26.0 Å². The minimum atomic E-state index is -3.83. The van der Waals surface area contributed by atoms with E-state index in [4.69, 9.17) is 4.74 Å². The minimum absolute atomic E-state index is 0.0910. The Morgan fingerprint density at radius 2 is 1.74 bits per heavy atom. The Balaban J connectivity index is 2.43. The molecule has 0 aromatic heterocycles. The van der Waals surface area contributed by atoms with Crippen molar-refractivity contribution in [3.05, 3.63) is 59.7 Å². The Kier molecular flexibility index (Phi) is 10.1. The summed E-state index contributed by atoms with van der Waals surface area (Å²) in [7, 11) is -2.38. The van der Waals surface area contributed by atoms with E-state index < -0.39 is 28.5 Å². The van der Waals surface area contributed by atoms with Crippen molar-refractivity contribution in [1.29, 1.82) is 0 Å². The molecule has 0 radical (unpaired) electrons. The fourth-order valence-corrected chi connectivity index (χ4v) is 4.71. The fourth-order valence-electron chi connectivity index (χ4n) is 3.87. The van der Waals surface area contributed by atoms with E-state index in [1.165, 1.54) is 12.0 Å². The molecule has 8 nitrogen and oxygen atoms in total. The molecule has 2 rings (SSSR count). The largest absolute Gasteiger partial charge is 0.495 e. The molecule has 1 atom stereocenters. The van der Waals surface area contributed by atoms with Gasteiger partial charge in [-0.2, -0.15) is 0 Å². The van der Waals surface area contributed by atoms with Crippen LogP contribution in [0.25, 0.3) is 0 Å². The van der Waals surface area contributed by atoms with Crippen molar-refractivity contribution in [1.82, 2.24) is 10.2 Å². The molecule has 0 spiro atoms. The second kappa shape index (κ2) is 12.6. The highest BCUT2D eigenvalue weighted by molar-refractivity contribution is 7.92. The zero-order valence-corrected chi connectivity index (χ0v) is 22.3. The predicted octanol–water partition coefficient (Wildman–Crippen LogP) is 3.14. The summed E-state index contributed by atoms with van der Waals surface area (Å²) >= 11 is 0. The molecule has 0 unspecified atom stereocenters. The number of hydrogen-bond acceptors (Lipinski definition) is 5. The van der Waals surface area contributed by atoms with Crippen LogP contribution in [0.15, 0.2) is 48.5 Å². The van der Waals surface area contributed by atoms with Crippen molar-refractivity contribution in [2.24, 2.45) is 0 Å². The van der Waals surface area contributed by atoms with E-state index in [9.17, 15) is 18.0 Å². The number of anilines is 1. The maximum Gasteiger partial charge on any atom is 0.244 e. The molecule has 0 saturated heterocycles. The molecule has 0 fully saturated rings. The van der Waals surface area contributed by atoms with Gasteiger partial charge < -0.3 is 15.0 Å². The van der Waals surface area contributed by atoms with Crippen LogP contribution in [0.2, 0.25) is 0 Å². The number of hydrogen-bond donors (Lipinski definition) is 1. The Hall–Kier alpha value is -3.07. The third-order valence-electron chi connectivity index (χ3n) is 5.58. The number of carbonyl (C=O) groups excluding carboxylic acids is 2. The molecule has 0 aliphatic carbocycles. The lowest BCUT2D eigenvalue weighted by atomic mass is 10.1. The molecule has 0 aliphatic rings. The summed E-state index contributed by atoms with van der Waals surface area (Å²) in [4.78, 5) is 28.1. The summed E-state index contributed by atoms with van der Waals surface area (Å²) in [6.07, 6.45) is 1.98. The molecule has 0 heterocycles. The highest BCUT2D eigenvalue weighted by atomic mass is 32.2. The van der Waals surface area contributed by atoms with E-state index in [0.717, 1.165) is 21.7 Å². The molecule has 2 aromatic rings. The second-order valence-electron chi connectivity index (χ2n) is 8.86. The Morgan fingerprint density at radius 1 is 1.09 bits per heavy atom. The first-order valence-corrected chi connectivity index (χ1v) is 13.6. The average molecular weight is 504 g/mol. The molecule has 0 saturated carbocycles. The van der Waals surface area contributed by atoms with Crippen molar-refractivity contribution in [2.75, 3.05) is 30.8 Å². The van der Waals surface area contributed by atoms with E-state index in [1.54, 1.807) is 18.2 Å². The lowest BCUT2D eigenvalue weighted by Crippen LogP contribution is -2.54. The summed E-state index contributed by atoms with van der Waals surface area (Å²) in [5, 5.41) is 2.88. The van der Waals surface area contributed by atoms with Crippen LogP contribution in [0.5, 0.6) is 5.75 Å². The minimum Gasteiger partial charge on any atom is -0.495 e. The van der Waals surface area contributed by atoms with Crippen LogP contribution >= 0.6 is 0 Å². The van der Waals surface area contributed by atoms with Gasteiger partial charge in [-0.3, -0.25) is 13.9 Å². The topological polar surface area (TPSA) is 96.0 Å². The first kappa shape index (κ1) is 28.2. The van der Waals surface area contributed by atoms with E-state index >= 15 is 0 Å². The summed E-state index contributed by atoms with van der Waals surface area (Å²) < 4.78 is 32.0. The maximum absolute atomic E-state index is 13.7. The molecule has 192 valence electrons. The monoisotopic (exact) mass is 503 g/mol. The van der Waals surface area contributed by atoms with Crippen LogP contribution in [0.1, 0.15) is 38.3 Å². The molecule has 9 heteroatoms. The van der Waals surface area contributed by atoms with Gasteiger partial charge in [0, 0.05) is 12.6 Å². The smallest absolute Gasteiger partial charge is 0.244 e. The quantitative estimate of drug-likeness (QED) is 0.480. The maximum atomic E-state index is 13.7. The summed E-state index contributed by atoms with van der Waals surface area (Å²) in [6.45, 7) is 7.21. The molecular formula is C26H37N3O5S. The number of sulfonamides is 1. The zero-order valence-electron chi connectivity index (χ0n) is 21.4. The van der Waals surface area contributed by atoms with E-state index in [0.29, 0.717) is 18.6 Å². The molecule has 1 N–H and O–H groups in total. The molecule has 0 bridgehead atoms. The SMILES string of the molecule is CC[C@H](C(=O)NC(C)C)N(CCc1ccccc1)C(=O)CN(c1cc(C)ccc1OC)S(C)(=O)=O. The molecule has 35 heavy (non-hydrogen) atoms. The van der Waals surface area contributed by atoms with Gasteiger partial charge in [0.15, 0.2) is 0 Å². The Labute approximate surface area is 209 Å². The van der Waals surface area contributed by atoms with E-state index in [1.807, 2.05) is 58.0 Å². The van der Waals surface area contributed by atoms with E-state index in [2.05, 4.69) is 5.32 Å². The molecule has 0 aliphatic heterocycles.